The third-order valence-corrected chi connectivity index (χ3v) is 6.56. The van der Waals surface area contributed by atoms with Gasteiger partial charge < -0.3 is 19.9 Å². The Labute approximate surface area is 188 Å². The van der Waals surface area contributed by atoms with E-state index in [-0.39, 0.29) is 12.0 Å². The van der Waals surface area contributed by atoms with Gasteiger partial charge >= 0.3 is 0 Å². The summed E-state index contributed by atoms with van der Waals surface area (Å²) in [6.07, 6.45) is 1.56. The van der Waals surface area contributed by atoms with Gasteiger partial charge in [-0.05, 0) is 43.3 Å². The van der Waals surface area contributed by atoms with Crippen molar-refractivity contribution in [3.8, 4) is 11.8 Å². The standard InChI is InChI=1S/C24H27ClN4O2/c1-17-22(7-4-19(16-26)23(17)25)31-21-8-12-29(13-9-21)24(30)18-2-5-20(6-3-18)28-14-10-27-11-15-28/h2-7,21,27H,8-15H2,1H3. The van der Waals surface area contributed by atoms with Crippen LogP contribution >= 0.6 is 11.6 Å². The highest BCUT2D eigenvalue weighted by Gasteiger charge is 2.25. The Kier molecular flexibility index (Phi) is 6.64. The summed E-state index contributed by atoms with van der Waals surface area (Å²) >= 11 is 6.25. The molecule has 0 aliphatic carbocycles. The van der Waals surface area contributed by atoms with E-state index in [1.165, 1.54) is 5.69 Å². The predicted molar refractivity (Wildman–Crippen MR) is 122 cm³/mol. The Hall–Kier alpha value is -2.75. The summed E-state index contributed by atoms with van der Waals surface area (Å²) in [6.45, 7) is 7.15. The lowest BCUT2D eigenvalue weighted by molar-refractivity contribution is 0.0594. The maximum Gasteiger partial charge on any atom is 0.253 e. The smallest absolute Gasteiger partial charge is 0.253 e. The number of carbonyl (C=O) groups excluding carboxylic acids is 1. The lowest BCUT2D eigenvalue weighted by Crippen LogP contribution is -2.43. The van der Waals surface area contributed by atoms with Crippen LogP contribution < -0.4 is 15.0 Å². The van der Waals surface area contributed by atoms with Crippen molar-refractivity contribution in [2.24, 2.45) is 0 Å². The van der Waals surface area contributed by atoms with Gasteiger partial charge in [0.25, 0.3) is 5.91 Å². The fourth-order valence-electron chi connectivity index (χ4n) is 4.16. The van der Waals surface area contributed by atoms with Crippen molar-refractivity contribution in [3.05, 3.63) is 58.1 Å². The van der Waals surface area contributed by atoms with E-state index in [9.17, 15) is 4.79 Å². The van der Waals surface area contributed by atoms with E-state index in [1.807, 2.05) is 36.1 Å². The maximum atomic E-state index is 12.9. The number of carbonyl (C=O) groups is 1. The van der Waals surface area contributed by atoms with Crippen LogP contribution in [0.3, 0.4) is 0 Å². The molecule has 0 unspecified atom stereocenters. The number of piperidine rings is 1. The van der Waals surface area contributed by atoms with Crippen molar-refractivity contribution >= 4 is 23.2 Å². The quantitative estimate of drug-likeness (QED) is 0.789. The van der Waals surface area contributed by atoms with E-state index < -0.39 is 0 Å². The van der Waals surface area contributed by atoms with Crippen LogP contribution in [0.1, 0.15) is 34.3 Å². The molecule has 2 aliphatic heterocycles. The van der Waals surface area contributed by atoms with E-state index in [2.05, 4.69) is 16.3 Å². The number of hydrogen-bond donors (Lipinski definition) is 1. The largest absolute Gasteiger partial charge is 0.490 e. The molecule has 7 heteroatoms. The minimum absolute atomic E-state index is 0.0295. The van der Waals surface area contributed by atoms with Crippen LogP contribution in [-0.2, 0) is 0 Å². The van der Waals surface area contributed by atoms with Gasteiger partial charge in [0.05, 0.1) is 10.6 Å². The Bertz CT molecular complexity index is 972. The molecule has 2 aliphatic rings. The van der Waals surface area contributed by atoms with E-state index >= 15 is 0 Å². The average Bonchev–Trinajstić information content (AvgIpc) is 2.83. The first kappa shape index (κ1) is 21.5. The molecule has 31 heavy (non-hydrogen) atoms. The van der Waals surface area contributed by atoms with Gasteiger partial charge in [-0.3, -0.25) is 4.79 Å². The van der Waals surface area contributed by atoms with Crippen LogP contribution in [-0.4, -0.2) is 56.2 Å². The lowest BCUT2D eigenvalue weighted by atomic mass is 10.1. The lowest BCUT2D eigenvalue weighted by Gasteiger charge is -2.33. The summed E-state index contributed by atoms with van der Waals surface area (Å²) in [7, 11) is 0. The topological polar surface area (TPSA) is 68.6 Å². The zero-order chi connectivity index (χ0) is 21.8. The second kappa shape index (κ2) is 9.59. The van der Waals surface area contributed by atoms with Crippen LogP contribution in [0.25, 0.3) is 0 Å². The number of piperazine rings is 1. The molecule has 1 amide bonds. The summed E-state index contributed by atoms with van der Waals surface area (Å²) in [4.78, 5) is 17.2. The van der Waals surface area contributed by atoms with Crippen LogP contribution in [0.2, 0.25) is 5.02 Å². The number of nitrogens with zero attached hydrogens (tertiary/aromatic N) is 3. The molecule has 0 radical (unpaired) electrons. The van der Waals surface area contributed by atoms with Crippen LogP contribution in [0, 0.1) is 18.3 Å². The summed E-state index contributed by atoms with van der Waals surface area (Å²) in [6, 6.07) is 13.5. The second-order valence-electron chi connectivity index (χ2n) is 8.06. The minimum atomic E-state index is 0.0295. The number of hydrogen-bond acceptors (Lipinski definition) is 5. The predicted octanol–water partition coefficient (Wildman–Crippen LogP) is 3.61. The van der Waals surface area contributed by atoms with Crippen molar-refractivity contribution < 1.29 is 9.53 Å². The van der Waals surface area contributed by atoms with Crippen molar-refractivity contribution in [1.29, 1.82) is 5.26 Å². The zero-order valence-electron chi connectivity index (χ0n) is 17.7. The maximum absolute atomic E-state index is 12.9. The van der Waals surface area contributed by atoms with E-state index in [0.717, 1.165) is 50.1 Å². The van der Waals surface area contributed by atoms with E-state index in [4.69, 9.17) is 21.6 Å². The van der Waals surface area contributed by atoms with Gasteiger partial charge in [-0.1, -0.05) is 11.6 Å². The molecular formula is C24H27ClN4O2. The van der Waals surface area contributed by atoms with Gasteiger partial charge in [0, 0.05) is 68.9 Å². The highest BCUT2D eigenvalue weighted by molar-refractivity contribution is 6.32. The van der Waals surface area contributed by atoms with E-state index in [1.54, 1.807) is 12.1 Å². The Balaban J connectivity index is 1.33. The van der Waals surface area contributed by atoms with Gasteiger partial charge in [0.2, 0.25) is 0 Å². The van der Waals surface area contributed by atoms with Crippen LogP contribution in [0.4, 0.5) is 5.69 Å². The normalized spacial score (nSPS) is 17.3. The molecule has 2 aromatic carbocycles. The Morgan fingerprint density at radius 3 is 2.42 bits per heavy atom. The highest BCUT2D eigenvalue weighted by Crippen LogP contribution is 2.31. The number of anilines is 1. The molecule has 162 valence electrons. The van der Waals surface area contributed by atoms with E-state index in [0.29, 0.717) is 29.4 Å². The second-order valence-corrected chi connectivity index (χ2v) is 8.43. The van der Waals surface area contributed by atoms with Crippen molar-refractivity contribution in [3.63, 3.8) is 0 Å². The van der Waals surface area contributed by atoms with Crippen LogP contribution in [0.5, 0.6) is 5.75 Å². The molecule has 2 heterocycles. The monoisotopic (exact) mass is 438 g/mol. The number of amides is 1. The molecular weight excluding hydrogens is 412 g/mol. The average molecular weight is 439 g/mol. The first-order chi connectivity index (χ1) is 15.1. The molecule has 0 bridgehead atoms. The summed E-state index contributed by atoms with van der Waals surface area (Å²) in [5, 5.41) is 12.9. The molecule has 2 fully saturated rings. The molecule has 6 nitrogen and oxygen atoms in total. The molecule has 2 aromatic rings. The van der Waals surface area contributed by atoms with Gasteiger partial charge in [0.15, 0.2) is 0 Å². The minimum Gasteiger partial charge on any atom is -0.490 e. The first-order valence-corrected chi connectivity index (χ1v) is 11.2. The third kappa shape index (κ3) is 4.79. The number of benzene rings is 2. The molecule has 0 saturated carbocycles. The number of rotatable bonds is 4. The third-order valence-electron chi connectivity index (χ3n) is 6.08. The van der Waals surface area contributed by atoms with Gasteiger partial charge in [-0.25, -0.2) is 0 Å². The van der Waals surface area contributed by atoms with Crippen molar-refractivity contribution in [2.75, 3.05) is 44.2 Å². The van der Waals surface area contributed by atoms with Crippen molar-refractivity contribution in [1.82, 2.24) is 10.2 Å². The molecule has 0 atom stereocenters. The number of halogens is 1. The fourth-order valence-corrected chi connectivity index (χ4v) is 4.36. The van der Waals surface area contributed by atoms with Crippen molar-refractivity contribution in [2.45, 2.75) is 25.9 Å². The Morgan fingerprint density at radius 2 is 1.77 bits per heavy atom. The summed E-state index contributed by atoms with van der Waals surface area (Å²) < 4.78 is 6.14. The van der Waals surface area contributed by atoms with Crippen LogP contribution in [0.15, 0.2) is 36.4 Å². The molecule has 1 N–H and O–H groups in total. The highest BCUT2D eigenvalue weighted by atomic mass is 35.5. The molecule has 0 aromatic heterocycles. The SMILES string of the molecule is Cc1c(OC2CCN(C(=O)c3ccc(N4CCNCC4)cc3)CC2)ccc(C#N)c1Cl. The number of likely N-dealkylation sites (tertiary alicyclic amines) is 1. The molecule has 2 saturated heterocycles. The number of nitriles is 1. The molecule has 4 rings (SSSR count). The fraction of sp³-hybridized carbons (Fsp3) is 0.417. The molecule has 0 spiro atoms. The summed E-state index contributed by atoms with van der Waals surface area (Å²) in [5.74, 6) is 0.778. The first-order valence-electron chi connectivity index (χ1n) is 10.8. The van der Waals surface area contributed by atoms with Gasteiger partial charge in [-0.15, -0.1) is 0 Å². The summed E-state index contributed by atoms with van der Waals surface area (Å²) in [5.41, 5.74) is 3.13. The zero-order valence-corrected chi connectivity index (χ0v) is 18.5. The number of nitrogens with one attached hydrogen (secondary N) is 1. The number of ether oxygens (including phenoxy) is 1. The van der Waals surface area contributed by atoms with Gasteiger partial charge in [-0.2, -0.15) is 5.26 Å². The van der Waals surface area contributed by atoms with Gasteiger partial charge in [0.1, 0.15) is 17.9 Å². The Morgan fingerprint density at radius 1 is 1.10 bits per heavy atom.